The molecule has 0 aliphatic rings. The fourth-order valence-electron chi connectivity index (χ4n) is 16.6. The number of fused-ring (bicyclic) bond motifs is 18. The van der Waals surface area contributed by atoms with Crippen LogP contribution in [0.25, 0.3) is 165 Å². The van der Waals surface area contributed by atoms with Crippen molar-refractivity contribution in [2.75, 3.05) is 0 Å². The average molecular weight is 1400 g/mol. The van der Waals surface area contributed by atoms with Gasteiger partial charge in [-0.25, -0.2) is 0 Å². The number of hydrogen-bond donors (Lipinski definition) is 0. The lowest BCUT2D eigenvalue weighted by atomic mass is 9.79. The Morgan fingerprint density at radius 1 is 0.271 bits per heavy atom. The zero-order valence-corrected chi connectivity index (χ0v) is 63.0. The van der Waals surface area contributed by atoms with Crippen LogP contribution in [0.5, 0.6) is 0 Å². The molecule has 0 bridgehead atoms. The van der Waals surface area contributed by atoms with Gasteiger partial charge in [0.25, 0.3) is 0 Å². The minimum atomic E-state index is -0.297. The second kappa shape index (κ2) is 26.2. The Kier molecular flexibility index (Phi) is 15.5. The third kappa shape index (κ3) is 11.9. The summed E-state index contributed by atoms with van der Waals surface area (Å²) in [5, 5.41) is 14.3. The zero-order valence-electron chi connectivity index (χ0n) is 67.0. The van der Waals surface area contributed by atoms with E-state index in [9.17, 15) is 0 Å². The highest BCUT2D eigenvalue weighted by molar-refractivity contribution is 6.20. The van der Waals surface area contributed by atoms with Gasteiger partial charge in [-0.1, -0.05) is 301 Å². The minimum absolute atomic E-state index is 0.0102. The Balaban J connectivity index is 0.000000109. The molecule has 20 aromatic rings. The number of rotatable bonds is 4. The highest BCUT2D eigenvalue weighted by Gasteiger charge is 2.32. The smallest absolute Gasteiger partial charge is 0.142 e. The van der Waals surface area contributed by atoms with Gasteiger partial charge in [0, 0.05) is 87.6 Å². The van der Waals surface area contributed by atoms with Crippen molar-refractivity contribution in [2.45, 2.75) is 112 Å². The number of hydrogen-bond acceptors (Lipinski definition) is 4. The van der Waals surface area contributed by atoms with Crippen molar-refractivity contribution in [3.05, 3.63) is 325 Å². The first-order valence-corrected chi connectivity index (χ1v) is 37.1. The number of benzene rings is 14. The number of aromatic nitrogens is 2. The third-order valence-corrected chi connectivity index (χ3v) is 20.8. The molecule has 0 amide bonds. The number of nitrogens with zero attached hydrogens (tertiary/aromatic N) is 2. The summed E-state index contributed by atoms with van der Waals surface area (Å²) in [6.07, 6.45) is 0. The van der Waals surface area contributed by atoms with Crippen molar-refractivity contribution in [2.24, 2.45) is 0 Å². The molecule has 0 N–H and O–H groups in total. The van der Waals surface area contributed by atoms with Gasteiger partial charge in [0.2, 0.25) is 0 Å². The molecule has 0 saturated carbocycles. The van der Waals surface area contributed by atoms with Crippen molar-refractivity contribution in [3.63, 3.8) is 0 Å². The first-order chi connectivity index (χ1) is 53.3. The molecule has 0 spiro atoms. The molecule has 0 saturated heterocycles. The van der Waals surface area contributed by atoms with Gasteiger partial charge < -0.3 is 26.8 Å². The molecule has 526 valence electrons. The van der Waals surface area contributed by atoms with Crippen LogP contribution in [0.15, 0.2) is 315 Å². The van der Waals surface area contributed by atoms with E-state index in [4.69, 9.17) is 23.2 Å². The van der Waals surface area contributed by atoms with Crippen molar-refractivity contribution in [3.8, 4) is 33.6 Å². The van der Waals surface area contributed by atoms with E-state index < -0.39 is 0 Å². The first-order valence-electron chi connectivity index (χ1n) is 39.1. The summed E-state index contributed by atoms with van der Waals surface area (Å²) >= 11 is 0. The van der Waals surface area contributed by atoms with Gasteiger partial charge in [-0.15, -0.1) is 0 Å². The Morgan fingerprint density at radius 3 is 1.05 bits per heavy atom. The Labute approximate surface area is 630 Å². The van der Waals surface area contributed by atoms with E-state index in [0.717, 1.165) is 110 Å². The van der Waals surface area contributed by atoms with Crippen LogP contribution in [0.1, 0.15) is 116 Å². The number of furan rings is 4. The summed E-state index contributed by atoms with van der Waals surface area (Å²) in [5.74, 6) is 0. The van der Waals surface area contributed by atoms with E-state index in [0.29, 0.717) is 11.1 Å². The lowest BCUT2D eigenvalue weighted by Gasteiger charge is -2.25. The van der Waals surface area contributed by atoms with Crippen molar-refractivity contribution in [1.29, 1.82) is 0 Å². The molecule has 6 aromatic heterocycles. The topological polar surface area (TPSA) is 62.4 Å². The lowest BCUT2D eigenvalue weighted by Crippen LogP contribution is -2.13. The molecule has 6 heterocycles. The van der Waals surface area contributed by atoms with E-state index in [-0.39, 0.29) is 45.8 Å². The Morgan fingerprint density at radius 2 is 0.626 bits per heavy atom. The first kappa shape index (κ1) is 63.4. The molecule has 0 radical (unpaired) electrons. The van der Waals surface area contributed by atoms with E-state index in [2.05, 4.69) is 274 Å². The zero-order chi connectivity index (χ0) is 77.3. The van der Waals surface area contributed by atoms with Gasteiger partial charge in [-0.05, 0) is 146 Å². The normalized spacial score (nSPS) is 12.9. The largest absolute Gasteiger partial charge is 0.456 e. The van der Waals surface area contributed by atoms with Gasteiger partial charge in [0.1, 0.15) is 44.7 Å². The van der Waals surface area contributed by atoms with E-state index in [1.165, 1.54) is 71.3 Å². The monoisotopic (exact) mass is 1400 g/mol. The molecule has 6 heteroatoms. The molecule has 6 nitrogen and oxygen atoms in total. The second-order valence-electron chi connectivity index (χ2n) is 32.4. The van der Waals surface area contributed by atoms with Crippen LogP contribution in [-0.4, -0.2) is 9.13 Å². The predicted octanol–water partition coefficient (Wildman–Crippen LogP) is 29.4. The van der Waals surface area contributed by atoms with Crippen LogP contribution in [0.2, 0.25) is 0 Å². The average Bonchev–Trinajstić information content (AvgIpc) is 1.62. The van der Waals surface area contributed by atoms with Crippen molar-refractivity contribution in [1.82, 2.24) is 9.13 Å². The summed E-state index contributed by atoms with van der Waals surface area (Å²) in [6.45, 7) is 28.5. The van der Waals surface area contributed by atoms with Gasteiger partial charge >= 0.3 is 0 Å². The van der Waals surface area contributed by atoms with Crippen molar-refractivity contribution < 1.29 is 23.2 Å². The summed E-state index contributed by atoms with van der Waals surface area (Å²) in [7, 11) is 0. The van der Waals surface area contributed by atoms with Gasteiger partial charge in [-0.2, -0.15) is 0 Å². The van der Waals surface area contributed by atoms with Crippen LogP contribution in [-0.2, 0) is 21.7 Å². The van der Waals surface area contributed by atoms with Crippen LogP contribution < -0.4 is 0 Å². The van der Waals surface area contributed by atoms with E-state index >= 15 is 0 Å². The maximum Gasteiger partial charge on any atom is 0.142 e. The molecular weight excluding hydrogens is 1310 g/mol. The Hall–Kier alpha value is -12.1. The maximum atomic E-state index is 8.79. The second-order valence-corrected chi connectivity index (χ2v) is 32.4. The maximum absolute atomic E-state index is 8.79. The SMILES string of the molecule is CC(C)(C)c1c(-c2ccccc2)ccc2c1c1ccccc1n2-c1ccccc1.CC(C)(C)c1c2c(cc3oc4ccccc4c13)oc1ccccc12.CC(C)(C)c1c2oc3ccccc3c2cc2c1oc1ccccc12.[2H]c1c([2H])c(C)c([2H])c(-c2ccc3c(c2C(C)(C)C)c2ccccc2n3-c2ccccc2)c1[2H]. The lowest BCUT2D eigenvalue weighted by molar-refractivity contribution is 0.559. The van der Waals surface area contributed by atoms with Gasteiger partial charge in [0.15, 0.2) is 0 Å². The van der Waals surface area contributed by atoms with Crippen LogP contribution in [0.4, 0.5) is 0 Å². The predicted molar refractivity (Wildman–Crippen MR) is 454 cm³/mol. The number of para-hydroxylation sites is 8. The van der Waals surface area contributed by atoms with Gasteiger partial charge in [0.05, 0.1) is 27.5 Å². The summed E-state index contributed by atoms with van der Waals surface area (Å²) in [4.78, 5) is 0. The molecule has 0 unspecified atom stereocenters. The summed E-state index contributed by atoms with van der Waals surface area (Å²) in [5.41, 5.74) is 23.1. The Bertz CT molecular complexity index is 6820. The van der Waals surface area contributed by atoms with Crippen LogP contribution in [0, 0.1) is 6.92 Å². The molecule has 107 heavy (non-hydrogen) atoms. The molecule has 0 aliphatic heterocycles. The third-order valence-electron chi connectivity index (χ3n) is 20.8. The quantitative estimate of drug-likeness (QED) is 0.176. The molecule has 0 aliphatic carbocycles. The summed E-state index contributed by atoms with van der Waals surface area (Å²) < 4.78 is 63.4. The molecule has 20 rings (SSSR count). The summed E-state index contributed by atoms with van der Waals surface area (Å²) in [6, 6.07) is 94.7. The van der Waals surface area contributed by atoms with Crippen LogP contribution in [0.3, 0.4) is 0 Å². The van der Waals surface area contributed by atoms with Crippen LogP contribution >= 0.6 is 0 Å². The molecule has 0 fully saturated rings. The molecular formula is C101H88N2O4. The standard InChI is InChI=1S/C29H27N.C28H25N.2C22H18O2/c1-20-11-10-12-21(19-20)23-17-18-26-27(28(23)29(2,3)4)24-15-8-9-16-25(24)30(26)22-13-6-5-7-14-22;1-28(2,3)27-22(20-12-6-4-7-13-20)18-19-25-26(27)23-16-10-11-17-24(23)29(25)21-14-8-5-9-15-21;1-22(2,3)19-20-15(13-8-4-6-10-17(13)23-20)12-16-14-9-5-7-11-18(14)24-21(16)19;1-22(2,3)21-19-13-8-4-6-10-15(13)23-17(19)12-18-20(21)14-9-5-7-11-16(14)24-18/h5-19H,1-4H3;4-19H,1-3H3;2*4-12H,1-3H3/i10D,11D,12D,19D;;;. The minimum Gasteiger partial charge on any atom is -0.456 e. The highest BCUT2D eigenvalue weighted by atomic mass is 16.4. The fourth-order valence-corrected chi connectivity index (χ4v) is 16.6. The van der Waals surface area contributed by atoms with E-state index in [1.807, 2.05) is 91.0 Å². The van der Waals surface area contributed by atoms with Crippen molar-refractivity contribution >= 4 is 131 Å². The molecule has 14 aromatic carbocycles. The highest BCUT2D eigenvalue weighted by Crippen LogP contribution is 2.50. The van der Waals surface area contributed by atoms with E-state index in [1.54, 1.807) is 6.92 Å². The fraction of sp³-hybridized carbons (Fsp3) is 0.168. The molecule has 0 atom stereocenters. The van der Waals surface area contributed by atoms with Gasteiger partial charge in [-0.3, -0.25) is 0 Å².